The minimum atomic E-state index is -0.637. The normalized spacial score (nSPS) is 40.5. The molecule has 2 atom stereocenters. The first-order chi connectivity index (χ1) is 5.93. The first-order valence-corrected chi connectivity index (χ1v) is 4.84. The molecule has 13 heavy (non-hydrogen) atoms. The second-order valence-corrected chi connectivity index (χ2v) is 4.98. The second kappa shape index (κ2) is 2.17. The summed E-state index contributed by atoms with van der Waals surface area (Å²) < 4.78 is 0. The maximum absolute atomic E-state index is 11.2. The number of carbonyl (C=O) groups is 1. The Labute approximate surface area is 78.6 Å². The van der Waals surface area contributed by atoms with Crippen molar-refractivity contribution in [1.82, 2.24) is 0 Å². The molecule has 72 valence electrons. The lowest BCUT2D eigenvalue weighted by Crippen LogP contribution is -2.21. The van der Waals surface area contributed by atoms with Crippen molar-refractivity contribution in [1.29, 1.82) is 0 Å². The van der Waals surface area contributed by atoms with Crippen molar-refractivity contribution in [3.8, 4) is 0 Å². The van der Waals surface area contributed by atoms with Gasteiger partial charge in [-0.3, -0.25) is 4.79 Å². The van der Waals surface area contributed by atoms with Crippen molar-refractivity contribution >= 4 is 5.97 Å². The molecule has 0 aliphatic heterocycles. The van der Waals surface area contributed by atoms with E-state index in [0.717, 1.165) is 12.8 Å². The van der Waals surface area contributed by atoms with Gasteiger partial charge < -0.3 is 5.11 Å². The largest absolute Gasteiger partial charge is 0.481 e. The van der Waals surface area contributed by atoms with Crippen molar-refractivity contribution < 1.29 is 9.90 Å². The molecule has 2 aliphatic carbocycles. The smallest absolute Gasteiger partial charge is 0.314 e. The van der Waals surface area contributed by atoms with Crippen LogP contribution in [0.1, 0.15) is 33.6 Å². The van der Waals surface area contributed by atoms with E-state index in [-0.39, 0.29) is 5.41 Å². The zero-order chi connectivity index (χ0) is 9.85. The molecule has 0 heterocycles. The molecule has 2 unspecified atom stereocenters. The van der Waals surface area contributed by atoms with Crippen LogP contribution in [0.3, 0.4) is 0 Å². The molecule has 1 fully saturated rings. The van der Waals surface area contributed by atoms with Crippen LogP contribution in [0, 0.1) is 16.7 Å². The molecule has 0 bridgehead atoms. The molecule has 0 radical (unpaired) electrons. The van der Waals surface area contributed by atoms with Crippen LogP contribution in [0.15, 0.2) is 11.6 Å². The van der Waals surface area contributed by atoms with E-state index >= 15 is 0 Å². The van der Waals surface area contributed by atoms with E-state index in [1.807, 2.05) is 13.0 Å². The second-order valence-electron chi connectivity index (χ2n) is 4.98. The number of rotatable bonds is 1. The lowest BCUT2D eigenvalue weighted by Gasteiger charge is -2.15. The SMILES string of the molecule is CC1=CC2(C(=O)O)C(CC1)C2(C)C. The first kappa shape index (κ1) is 8.79. The van der Waals surface area contributed by atoms with Crippen LogP contribution < -0.4 is 0 Å². The number of carboxylic acid groups (broad SMARTS) is 1. The molecule has 2 heteroatoms. The van der Waals surface area contributed by atoms with Gasteiger partial charge in [-0.25, -0.2) is 0 Å². The van der Waals surface area contributed by atoms with Gasteiger partial charge >= 0.3 is 5.97 Å². The number of hydrogen-bond acceptors (Lipinski definition) is 1. The Morgan fingerprint density at radius 3 is 2.69 bits per heavy atom. The summed E-state index contributed by atoms with van der Waals surface area (Å²) in [5.41, 5.74) is 0.676. The van der Waals surface area contributed by atoms with E-state index < -0.39 is 11.4 Å². The van der Waals surface area contributed by atoms with Crippen LogP contribution in [0.4, 0.5) is 0 Å². The fourth-order valence-electron chi connectivity index (χ4n) is 3.10. The monoisotopic (exact) mass is 180 g/mol. The molecular formula is C11H16O2. The Kier molecular flexibility index (Phi) is 1.47. The van der Waals surface area contributed by atoms with Crippen molar-refractivity contribution in [3.63, 3.8) is 0 Å². The molecule has 0 amide bonds. The van der Waals surface area contributed by atoms with Crippen LogP contribution in [-0.4, -0.2) is 11.1 Å². The molecule has 1 saturated carbocycles. The van der Waals surface area contributed by atoms with Gasteiger partial charge in [-0.2, -0.15) is 0 Å². The zero-order valence-electron chi connectivity index (χ0n) is 8.42. The Morgan fingerprint density at radius 1 is 1.62 bits per heavy atom. The van der Waals surface area contributed by atoms with Gasteiger partial charge in [0.05, 0.1) is 5.41 Å². The van der Waals surface area contributed by atoms with Crippen LogP contribution >= 0.6 is 0 Å². The summed E-state index contributed by atoms with van der Waals surface area (Å²) in [6, 6.07) is 0. The van der Waals surface area contributed by atoms with Crippen molar-refractivity contribution in [2.24, 2.45) is 16.7 Å². The molecule has 0 saturated heterocycles. The van der Waals surface area contributed by atoms with Gasteiger partial charge in [0, 0.05) is 0 Å². The topological polar surface area (TPSA) is 37.3 Å². The lowest BCUT2D eigenvalue weighted by molar-refractivity contribution is -0.143. The fourth-order valence-corrected chi connectivity index (χ4v) is 3.10. The van der Waals surface area contributed by atoms with E-state index in [1.165, 1.54) is 5.57 Å². The quantitative estimate of drug-likeness (QED) is 0.629. The molecule has 2 nitrogen and oxygen atoms in total. The highest BCUT2D eigenvalue weighted by atomic mass is 16.4. The third-order valence-electron chi connectivity index (χ3n) is 4.06. The van der Waals surface area contributed by atoms with Gasteiger partial charge in [0.1, 0.15) is 0 Å². The molecule has 0 aromatic rings. The van der Waals surface area contributed by atoms with E-state index in [4.69, 9.17) is 0 Å². The van der Waals surface area contributed by atoms with Crippen LogP contribution in [0.2, 0.25) is 0 Å². The average molecular weight is 180 g/mol. The predicted octanol–water partition coefficient (Wildman–Crippen LogP) is 2.45. The van der Waals surface area contributed by atoms with Gasteiger partial charge in [0.25, 0.3) is 0 Å². The Hall–Kier alpha value is -0.790. The minimum Gasteiger partial charge on any atom is -0.481 e. The molecule has 2 rings (SSSR count). The van der Waals surface area contributed by atoms with E-state index in [0.29, 0.717) is 5.92 Å². The molecule has 0 spiro atoms. The maximum Gasteiger partial charge on any atom is 0.314 e. The first-order valence-electron chi connectivity index (χ1n) is 4.84. The van der Waals surface area contributed by atoms with Gasteiger partial charge in [0.2, 0.25) is 0 Å². The number of fused-ring (bicyclic) bond motifs is 1. The molecule has 2 aliphatic rings. The molecule has 0 aromatic heterocycles. The molecule has 0 aromatic carbocycles. The summed E-state index contributed by atoms with van der Waals surface area (Å²) in [5.74, 6) is -0.275. The summed E-state index contributed by atoms with van der Waals surface area (Å²) in [6.07, 6.45) is 4.11. The van der Waals surface area contributed by atoms with Crippen LogP contribution in [0.25, 0.3) is 0 Å². The van der Waals surface area contributed by atoms with Gasteiger partial charge in [-0.1, -0.05) is 25.5 Å². The Balaban J connectivity index is 2.45. The highest BCUT2D eigenvalue weighted by Crippen LogP contribution is 2.73. The summed E-state index contributed by atoms with van der Waals surface area (Å²) in [6.45, 7) is 6.18. The number of allylic oxidation sites excluding steroid dienone is 1. The molecular weight excluding hydrogens is 164 g/mol. The zero-order valence-corrected chi connectivity index (χ0v) is 8.42. The van der Waals surface area contributed by atoms with Crippen molar-refractivity contribution in [3.05, 3.63) is 11.6 Å². The third kappa shape index (κ3) is 0.812. The van der Waals surface area contributed by atoms with Crippen LogP contribution in [-0.2, 0) is 4.79 Å². The minimum absolute atomic E-state index is 0.0312. The summed E-state index contributed by atoms with van der Waals surface area (Å²) in [5, 5.41) is 9.25. The van der Waals surface area contributed by atoms with E-state index in [9.17, 15) is 9.90 Å². The highest BCUT2D eigenvalue weighted by Gasteiger charge is 2.74. The van der Waals surface area contributed by atoms with Crippen molar-refractivity contribution in [2.75, 3.05) is 0 Å². The summed E-state index contributed by atoms with van der Waals surface area (Å²) in [7, 11) is 0. The van der Waals surface area contributed by atoms with Crippen molar-refractivity contribution in [2.45, 2.75) is 33.6 Å². The van der Waals surface area contributed by atoms with Crippen LogP contribution in [0.5, 0.6) is 0 Å². The summed E-state index contributed by atoms with van der Waals surface area (Å²) in [4.78, 5) is 11.2. The Morgan fingerprint density at radius 2 is 2.23 bits per heavy atom. The summed E-state index contributed by atoms with van der Waals surface area (Å²) >= 11 is 0. The van der Waals surface area contributed by atoms with Gasteiger partial charge in [-0.05, 0) is 31.1 Å². The number of aliphatic carboxylic acids is 1. The highest BCUT2D eigenvalue weighted by molar-refractivity contribution is 5.84. The van der Waals surface area contributed by atoms with Gasteiger partial charge in [-0.15, -0.1) is 0 Å². The van der Waals surface area contributed by atoms with E-state index in [1.54, 1.807) is 0 Å². The molecule has 1 N–H and O–H groups in total. The van der Waals surface area contributed by atoms with E-state index in [2.05, 4.69) is 13.8 Å². The fraction of sp³-hybridized carbons (Fsp3) is 0.727. The predicted molar refractivity (Wildman–Crippen MR) is 50.3 cm³/mol. The lowest BCUT2D eigenvalue weighted by atomic mass is 9.89. The number of carboxylic acids is 1. The van der Waals surface area contributed by atoms with Gasteiger partial charge in [0.15, 0.2) is 0 Å². The Bertz CT molecular complexity index is 301. The third-order valence-corrected chi connectivity index (χ3v) is 4.06. The maximum atomic E-state index is 11.2. The number of hydrogen-bond donors (Lipinski definition) is 1. The standard InChI is InChI=1S/C11H16O2/c1-7-4-5-8-10(2,3)11(8,6-7)9(12)13/h6,8H,4-5H2,1-3H3,(H,12,13). The average Bonchev–Trinajstić information content (AvgIpc) is 2.50.